The van der Waals surface area contributed by atoms with E-state index in [4.69, 9.17) is 11.6 Å². The summed E-state index contributed by atoms with van der Waals surface area (Å²) < 4.78 is 15.8. The van der Waals surface area contributed by atoms with E-state index in [9.17, 15) is 4.39 Å². The predicted molar refractivity (Wildman–Crippen MR) is 80.2 cm³/mol. The third-order valence-corrected chi connectivity index (χ3v) is 3.55. The van der Waals surface area contributed by atoms with E-state index in [-0.39, 0.29) is 5.82 Å². The SMILES string of the molecule is Cc1ccc(-n2c(CCCl)nc3ccccc32)cc1F. The van der Waals surface area contributed by atoms with Crippen LogP contribution < -0.4 is 0 Å². The van der Waals surface area contributed by atoms with E-state index in [0.29, 0.717) is 17.9 Å². The van der Waals surface area contributed by atoms with E-state index in [0.717, 1.165) is 22.5 Å². The van der Waals surface area contributed by atoms with Gasteiger partial charge in [-0.2, -0.15) is 0 Å². The molecule has 0 saturated heterocycles. The topological polar surface area (TPSA) is 17.8 Å². The van der Waals surface area contributed by atoms with Crippen LogP contribution in [0.4, 0.5) is 4.39 Å². The van der Waals surface area contributed by atoms with E-state index in [1.807, 2.05) is 34.9 Å². The number of fused-ring (bicyclic) bond motifs is 1. The standard InChI is InChI=1S/C16H14ClFN2/c1-11-6-7-12(10-13(11)18)20-15-5-3-2-4-14(15)19-16(20)8-9-17/h2-7,10H,8-9H2,1H3. The van der Waals surface area contributed by atoms with Crippen molar-refractivity contribution in [3.8, 4) is 5.69 Å². The monoisotopic (exact) mass is 288 g/mol. The minimum absolute atomic E-state index is 0.211. The van der Waals surface area contributed by atoms with Gasteiger partial charge in [-0.1, -0.05) is 18.2 Å². The Morgan fingerprint density at radius 1 is 1.20 bits per heavy atom. The summed E-state index contributed by atoms with van der Waals surface area (Å²) in [7, 11) is 0. The van der Waals surface area contributed by atoms with Crippen LogP contribution in [0.25, 0.3) is 16.7 Å². The van der Waals surface area contributed by atoms with Gasteiger partial charge in [0.1, 0.15) is 11.6 Å². The minimum atomic E-state index is -0.211. The summed E-state index contributed by atoms with van der Waals surface area (Å²) in [6, 6.07) is 13.1. The Morgan fingerprint density at radius 3 is 2.75 bits per heavy atom. The predicted octanol–water partition coefficient (Wildman–Crippen LogP) is 4.25. The molecule has 0 spiro atoms. The molecule has 0 aliphatic carbocycles. The Bertz CT molecular complexity index is 764. The van der Waals surface area contributed by atoms with Gasteiger partial charge in [0, 0.05) is 12.3 Å². The van der Waals surface area contributed by atoms with Crippen molar-refractivity contribution in [1.82, 2.24) is 9.55 Å². The zero-order chi connectivity index (χ0) is 14.1. The summed E-state index contributed by atoms with van der Waals surface area (Å²) in [6.07, 6.45) is 0.645. The van der Waals surface area contributed by atoms with Crippen LogP contribution in [0, 0.1) is 12.7 Å². The molecule has 0 amide bonds. The van der Waals surface area contributed by atoms with Crippen molar-refractivity contribution in [2.24, 2.45) is 0 Å². The lowest BCUT2D eigenvalue weighted by Crippen LogP contribution is -2.03. The van der Waals surface area contributed by atoms with Gasteiger partial charge in [-0.3, -0.25) is 4.57 Å². The number of para-hydroxylation sites is 2. The summed E-state index contributed by atoms with van der Waals surface area (Å²) in [5, 5.41) is 0. The number of benzene rings is 2. The first kappa shape index (κ1) is 13.1. The van der Waals surface area contributed by atoms with Crippen LogP contribution >= 0.6 is 11.6 Å². The Balaban J connectivity index is 2.26. The molecule has 3 rings (SSSR count). The number of hydrogen-bond donors (Lipinski definition) is 0. The normalized spacial score (nSPS) is 11.2. The highest BCUT2D eigenvalue weighted by Crippen LogP contribution is 2.23. The molecule has 0 unspecified atom stereocenters. The fourth-order valence-electron chi connectivity index (χ4n) is 2.34. The molecule has 20 heavy (non-hydrogen) atoms. The molecule has 0 bridgehead atoms. The van der Waals surface area contributed by atoms with Crippen molar-refractivity contribution < 1.29 is 4.39 Å². The summed E-state index contributed by atoms with van der Waals surface area (Å²) in [5.74, 6) is 1.12. The third-order valence-electron chi connectivity index (χ3n) is 3.36. The number of imidazole rings is 1. The molecular weight excluding hydrogens is 275 g/mol. The van der Waals surface area contributed by atoms with Crippen LogP contribution in [0.1, 0.15) is 11.4 Å². The molecular formula is C16H14ClFN2. The first-order valence-corrected chi connectivity index (χ1v) is 7.03. The molecule has 0 atom stereocenters. The number of hydrogen-bond acceptors (Lipinski definition) is 1. The van der Waals surface area contributed by atoms with Gasteiger partial charge < -0.3 is 0 Å². The lowest BCUT2D eigenvalue weighted by molar-refractivity contribution is 0.617. The van der Waals surface area contributed by atoms with Crippen molar-refractivity contribution in [2.45, 2.75) is 13.3 Å². The van der Waals surface area contributed by atoms with E-state index < -0.39 is 0 Å². The Morgan fingerprint density at radius 2 is 2.00 bits per heavy atom. The number of rotatable bonds is 3. The highest BCUT2D eigenvalue weighted by molar-refractivity contribution is 6.17. The maximum absolute atomic E-state index is 13.8. The second-order valence-electron chi connectivity index (χ2n) is 4.72. The van der Waals surface area contributed by atoms with Crippen LogP contribution in [0.2, 0.25) is 0 Å². The molecule has 0 saturated carbocycles. The molecule has 3 aromatic rings. The molecule has 0 N–H and O–H groups in total. The van der Waals surface area contributed by atoms with Crippen molar-refractivity contribution >= 4 is 22.6 Å². The zero-order valence-electron chi connectivity index (χ0n) is 11.1. The summed E-state index contributed by atoms with van der Waals surface area (Å²) in [6.45, 7) is 1.75. The van der Waals surface area contributed by atoms with Crippen molar-refractivity contribution in [3.63, 3.8) is 0 Å². The lowest BCUT2D eigenvalue weighted by Gasteiger charge is -2.09. The largest absolute Gasteiger partial charge is 0.296 e. The molecule has 0 aliphatic heterocycles. The molecule has 2 aromatic carbocycles. The summed E-state index contributed by atoms with van der Waals surface area (Å²) in [5.41, 5.74) is 3.28. The second-order valence-corrected chi connectivity index (χ2v) is 5.10. The molecule has 2 nitrogen and oxygen atoms in total. The first-order valence-electron chi connectivity index (χ1n) is 6.49. The Kier molecular flexibility index (Phi) is 3.45. The van der Waals surface area contributed by atoms with Gasteiger partial charge in [-0.25, -0.2) is 9.37 Å². The van der Waals surface area contributed by atoms with Gasteiger partial charge in [-0.05, 0) is 36.8 Å². The van der Waals surface area contributed by atoms with Gasteiger partial charge in [0.05, 0.1) is 16.7 Å². The van der Waals surface area contributed by atoms with Crippen molar-refractivity contribution in [3.05, 3.63) is 59.7 Å². The number of aromatic nitrogens is 2. The van der Waals surface area contributed by atoms with Crippen LogP contribution in [0.5, 0.6) is 0 Å². The van der Waals surface area contributed by atoms with E-state index in [2.05, 4.69) is 4.98 Å². The van der Waals surface area contributed by atoms with Gasteiger partial charge >= 0.3 is 0 Å². The first-order chi connectivity index (χ1) is 9.70. The van der Waals surface area contributed by atoms with Gasteiger partial charge in [0.15, 0.2) is 0 Å². The number of nitrogens with zero attached hydrogens (tertiary/aromatic N) is 2. The highest BCUT2D eigenvalue weighted by atomic mass is 35.5. The second kappa shape index (κ2) is 5.25. The summed E-state index contributed by atoms with van der Waals surface area (Å²) >= 11 is 5.85. The smallest absolute Gasteiger partial charge is 0.128 e. The number of aryl methyl sites for hydroxylation is 2. The molecule has 4 heteroatoms. The molecule has 0 radical (unpaired) electrons. The van der Waals surface area contributed by atoms with Crippen molar-refractivity contribution in [1.29, 1.82) is 0 Å². The highest BCUT2D eigenvalue weighted by Gasteiger charge is 2.12. The van der Waals surface area contributed by atoms with Gasteiger partial charge in [-0.15, -0.1) is 11.6 Å². The molecule has 1 aromatic heterocycles. The van der Waals surface area contributed by atoms with Crippen LogP contribution in [-0.4, -0.2) is 15.4 Å². The molecule has 0 fully saturated rings. The van der Waals surface area contributed by atoms with Crippen LogP contribution in [-0.2, 0) is 6.42 Å². The Hall–Kier alpha value is -1.87. The third kappa shape index (κ3) is 2.18. The zero-order valence-corrected chi connectivity index (χ0v) is 11.9. The van der Waals surface area contributed by atoms with Crippen LogP contribution in [0.3, 0.4) is 0 Å². The molecule has 0 aliphatic rings. The van der Waals surface area contributed by atoms with Gasteiger partial charge in [0.2, 0.25) is 0 Å². The quantitative estimate of drug-likeness (QED) is 0.659. The molecule has 102 valence electrons. The van der Waals surface area contributed by atoms with E-state index in [1.165, 1.54) is 0 Å². The Labute approximate surface area is 121 Å². The average Bonchev–Trinajstić information content (AvgIpc) is 2.80. The fraction of sp³-hybridized carbons (Fsp3) is 0.188. The van der Waals surface area contributed by atoms with E-state index >= 15 is 0 Å². The fourth-order valence-corrected chi connectivity index (χ4v) is 2.51. The minimum Gasteiger partial charge on any atom is -0.296 e. The lowest BCUT2D eigenvalue weighted by atomic mass is 10.2. The van der Waals surface area contributed by atoms with Gasteiger partial charge in [0.25, 0.3) is 0 Å². The molecule has 1 heterocycles. The number of halogens is 2. The van der Waals surface area contributed by atoms with Crippen molar-refractivity contribution in [2.75, 3.05) is 5.88 Å². The summed E-state index contributed by atoms with van der Waals surface area (Å²) in [4.78, 5) is 4.59. The maximum Gasteiger partial charge on any atom is 0.128 e. The van der Waals surface area contributed by atoms with E-state index in [1.54, 1.807) is 19.1 Å². The maximum atomic E-state index is 13.8. The average molecular weight is 289 g/mol. The van der Waals surface area contributed by atoms with Crippen LogP contribution in [0.15, 0.2) is 42.5 Å². The number of alkyl halides is 1.